The Morgan fingerprint density at radius 2 is 1.82 bits per heavy atom. The van der Waals surface area contributed by atoms with Gasteiger partial charge in [-0.3, -0.25) is 9.59 Å². The number of aromatic nitrogens is 1. The Kier molecular flexibility index (Phi) is 4.90. The predicted octanol–water partition coefficient (Wildman–Crippen LogP) is 3.44. The molecule has 5 nitrogen and oxygen atoms in total. The maximum atomic E-state index is 12.8. The average Bonchev–Trinajstić information content (AvgIpc) is 3.35. The molecule has 0 bridgehead atoms. The van der Waals surface area contributed by atoms with E-state index >= 15 is 0 Å². The summed E-state index contributed by atoms with van der Waals surface area (Å²) in [6.07, 6.45) is 2.78. The van der Waals surface area contributed by atoms with Crippen LogP contribution in [0, 0.1) is 5.92 Å². The SMILES string of the molecule is CCNC(=O)C1CCN(C(=O)c2ccc(-c3ccc4c(ccn4C)c3)cc2)C1. The number of carbonyl (C=O) groups is 2. The Morgan fingerprint density at radius 3 is 2.57 bits per heavy atom. The van der Waals surface area contributed by atoms with Gasteiger partial charge in [0.15, 0.2) is 0 Å². The van der Waals surface area contributed by atoms with E-state index in [0.29, 0.717) is 25.2 Å². The first kappa shape index (κ1) is 18.3. The molecule has 0 spiro atoms. The van der Waals surface area contributed by atoms with E-state index in [2.05, 4.69) is 40.3 Å². The van der Waals surface area contributed by atoms with Crippen LogP contribution in [0.3, 0.4) is 0 Å². The second-order valence-corrected chi connectivity index (χ2v) is 7.41. The molecular weight excluding hydrogens is 350 g/mol. The summed E-state index contributed by atoms with van der Waals surface area (Å²) in [4.78, 5) is 26.6. The predicted molar refractivity (Wildman–Crippen MR) is 111 cm³/mol. The van der Waals surface area contributed by atoms with Crippen LogP contribution in [0.15, 0.2) is 54.7 Å². The normalized spacial score (nSPS) is 16.5. The second kappa shape index (κ2) is 7.50. The van der Waals surface area contributed by atoms with Crippen molar-refractivity contribution in [3.63, 3.8) is 0 Å². The Bertz CT molecular complexity index is 1020. The highest BCUT2D eigenvalue weighted by Gasteiger charge is 2.31. The smallest absolute Gasteiger partial charge is 0.253 e. The third kappa shape index (κ3) is 3.40. The summed E-state index contributed by atoms with van der Waals surface area (Å²) in [6.45, 7) is 3.66. The molecule has 0 radical (unpaired) electrons. The third-order valence-corrected chi connectivity index (χ3v) is 5.55. The van der Waals surface area contributed by atoms with Crippen LogP contribution in [0.1, 0.15) is 23.7 Å². The molecule has 1 aliphatic rings. The Labute approximate surface area is 165 Å². The number of nitrogens with one attached hydrogen (secondary N) is 1. The fourth-order valence-corrected chi connectivity index (χ4v) is 3.93. The third-order valence-electron chi connectivity index (χ3n) is 5.55. The highest BCUT2D eigenvalue weighted by atomic mass is 16.2. The van der Waals surface area contributed by atoms with Crippen molar-refractivity contribution in [3.8, 4) is 11.1 Å². The lowest BCUT2D eigenvalue weighted by atomic mass is 10.0. The summed E-state index contributed by atoms with van der Waals surface area (Å²) in [6, 6.07) is 16.3. The zero-order valence-electron chi connectivity index (χ0n) is 16.3. The molecule has 2 heterocycles. The maximum Gasteiger partial charge on any atom is 0.253 e. The number of carbonyl (C=O) groups excluding carboxylic acids is 2. The van der Waals surface area contributed by atoms with Crippen molar-refractivity contribution in [1.82, 2.24) is 14.8 Å². The molecule has 3 aromatic rings. The average molecular weight is 375 g/mol. The highest BCUT2D eigenvalue weighted by molar-refractivity contribution is 5.95. The van der Waals surface area contributed by atoms with Crippen molar-refractivity contribution in [2.24, 2.45) is 13.0 Å². The van der Waals surface area contributed by atoms with E-state index in [-0.39, 0.29) is 17.7 Å². The molecule has 1 unspecified atom stereocenters. The first-order chi connectivity index (χ1) is 13.6. The van der Waals surface area contributed by atoms with Gasteiger partial charge in [0, 0.05) is 49.3 Å². The van der Waals surface area contributed by atoms with Crippen LogP contribution < -0.4 is 5.32 Å². The number of hydrogen-bond donors (Lipinski definition) is 1. The number of aryl methyl sites for hydroxylation is 1. The minimum atomic E-state index is -0.0965. The van der Waals surface area contributed by atoms with Gasteiger partial charge in [0.1, 0.15) is 0 Å². The van der Waals surface area contributed by atoms with Gasteiger partial charge in [0.25, 0.3) is 5.91 Å². The van der Waals surface area contributed by atoms with Gasteiger partial charge in [-0.05, 0) is 54.8 Å². The molecule has 2 amide bonds. The summed E-state index contributed by atoms with van der Waals surface area (Å²) in [5.74, 6) is -0.0536. The van der Waals surface area contributed by atoms with Gasteiger partial charge < -0.3 is 14.8 Å². The maximum absolute atomic E-state index is 12.8. The highest BCUT2D eigenvalue weighted by Crippen LogP contribution is 2.26. The van der Waals surface area contributed by atoms with Crippen molar-refractivity contribution in [1.29, 1.82) is 0 Å². The van der Waals surface area contributed by atoms with Crippen LogP contribution >= 0.6 is 0 Å². The van der Waals surface area contributed by atoms with Gasteiger partial charge in [-0.25, -0.2) is 0 Å². The van der Waals surface area contributed by atoms with Crippen LogP contribution in [-0.4, -0.2) is 40.9 Å². The van der Waals surface area contributed by atoms with Crippen molar-refractivity contribution in [2.45, 2.75) is 13.3 Å². The Balaban J connectivity index is 1.48. The van der Waals surface area contributed by atoms with Gasteiger partial charge in [-0.1, -0.05) is 18.2 Å². The summed E-state index contributed by atoms with van der Waals surface area (Å²) in [7, 11) is 2.04. The van der Waals surface area contributed by atoms with Crippen LogP contribution in [-0.2, 0) is 11.8 Å². The van der Waals surface area contributed by atoms with Crippen LogP contribution in [0.5, 0.6) is 0 Å². The Hall–Kier alpha value is -3.08. The summed E-state index contributed by atoms with van der Waals surface area (Å²) >= 11 is 0. The van der Waals surface area contributed by atoms with Crippen molar-refractivity contribution >= 4 is 22.7 Å². The van der Waals surface area contributed by atoms with E-state index in [0.717, 1.165) is 17.5 Å². The molecule has 1 saturated heterocycles. The van der Waals surface area contributed by atoms with Crippen molar-refractivity contribution in [3.05, 3.63) is 60.3 Å². The minimum absolute atomic E-state index is 0.00291. The first-order valence-corrected chi connectivity index (χ1v) is 9.79. The van der Waals surface area contributed by atoms with E-state index in [1.54, 1.807) is 4.90 Å². The number of rotatable bonds is 4. The number of amides is 2. The first-order valence-electron chi connectivity index (χ1n) is 9.79. The lowest BCUT2D eigenvalue weighted by molar-refractivity contribution is -0.124. The number of nitrogens with zero attached hydrogens (tertiary/aromatic N) is 2. The zero-order chi connectivity index (χ0) is 19.7. The monoisotopic (exact) mass is 375 g/mol. The quantitative estimate of drug-likeness (QED) is 0.759. The van der Waals surface area contributed by atoms with E-state index in [1.165, 1.54) is 10.9 Å². The summed E-state index contributed by atoms with van der Waals surface area (Å²) < 4.78 is 2.10. The lowest BCUT2D eigenvalue weighted by Crippen LogP contribution is -2.34. The zero-order valence-corrected chi connectivity index (χ0v) is 16.3. The number of likely N-dealkylation sites (tertiary alicyclic amines) is 1. The van der Waals surface area contributed by atoms with Crippen molar-refractivity contribution < 1.29 is 9.59 Å². The van der Waals surface area contributed by atoms with Gasteiger partial charge in [-0.15, -0.1) is 0 Å². The molecule has 2 aromatic carbocycles. The summed E-state index contributed by atoms with van der Waals surface area (Å²) in [5.41, 5.74) is 4.09. The Morgan fingerprint density at radius 1 is 1.07 bits per heavy atom. The van der Waals surface area contributed by atoms with Crippen LogP contribution in [0.25, 0.3) is 22.0 Å². The molecule has 1 N–H and O–H groups in total. The van der Waals surface area contributed by atoms with Gasteiger partial charge in [-0.2, -0.15) is 0 Å². The summed E-state index contributed by atoms with van der Waals surface area (Å²) in [5, 5.41) is 4.05. The van der Waals surface area contributed by atoms with Crippen LogP contribution in [0.2, 0.25) is 0 Å². The fraction of sp³-hybridized carbons (Fsp3) is 0.304. The van der Waals surface area contributed by atoms with Crippen molar-refractivity contribution in [2.75, 3.05) is 19.6 Å². The van der Waals surface area contributed by atoms with E-state index in [9.17, 15) is 9.59 Å². The molecule has 28 heavy (non-hydrogen) atoms. The number of fused-ring (bicyclic) bond motifs is 1. The molecule has 1 aromatic heterocycles. The lowest BCUT2D eigenvalue weighted by Gasteiger charge is -2.16. The number of benzene rings is 2. The van der Waals surface area contributed by atoms with Crippen LogP contribution in [0.4, 0.5) is 0 Å². The second-order valence-electron chi connectivity index (χ2n) is 7.41. The van der Waals surface area contributed by atoms with Gasteiger partial charge >= 0.3 is 0 Å². The van der Waals surface area contributed by atoms with Gasteiger partial charge in [0.05, 0.1) is 5.92 Å². The minimum Gasteiger partial charge on any atom is -0.356 e. The molecule has 1 aliphatic heterocycles. The molecule has 1 fully saturated rings. The molecule has 5 heteroatoms. The fourth-order valence-electron chi connectivity index (χ4n) is 3.93. The number of hydrogen-bond acceptors (Lipinski definition) is 2. The molecular formula is C23H25N3O2. The van der Waals surface area contributed by atoms with E-state index in [1.807, 2.05) is 38.2 Å². The molecule has 144 valence electrons. The topological polar surface area (TPSA) is 54.3 Å². The van der Waals surface area contributed by atoms with Gasteiger partial charge in [0.2, 0.25) is 5.91 Å². The largest absolute Gasteiger partial charge is 0.356 e. The van der Waals surface area contributed by atoms with E-state index in [4.69, 9.17) is 0 Å². The molecule has 0 saturated carbocycles. The molecule has 1 atom stereocenters. The molecule has 4 rings (SSSR count). The standard InChI is InChI=1S/C23H25N3O2/c1-3-24-22(27)20-11-13-26(15-20)23(28)17-6-4-16(5-7-17)18-8-9-21-19(14-18)10-12-25(21)2/h4-10,12,14,20H,3,11,13,15H2,1-2H3,(H,24,27). The van der Waals surface area contributed by atoms with E-state index < -0.39 is 0 Å². The molecule has 0 aliphatic carbocycles.